The smallest absolute Gasteiger partial charge is 0.185 e. The number of hydrogen-bond donors (Lipinski definition) is 0. The largest absolute Gasteiger partial charge is 0.292 e. The number of carbonyl (C=O) groups is 1. The number of Topliss-reactive ketones (excluding diaryl/α,β-unsaturated/α-hetero) is 1. The molecule has 2 nitrogen and oxygen atoms in total. The van der Waals surface area contributed by atoms with Crippen LogP contribution >= 0.6 is 15.9 Å². The van der Waals surface area contributed by atoms with Gasteiger partial charge >= 0.3 is 0 Å². The molecular formula is C16H21BrFNO. The van der Waals surface area contributed by atoms with Crippen LogP contribution in [0.1, 0.15) is 49.9 Å². The summed E-state index contributed by atoms with van der Waals surface area (Å²) in [4.78, 5) is 15.1. The predicted molar refractivity (Wildman–Crippen MR) is 82.6 cm³/mol. The Bertz CT molecular complexity index is 499. The van der Waals surface area contributed by atoms with Gasteiger partial charge in [-0.15, -0.1) is 0 Å². The Balaban J connectivity index is 2.34. The molecule has 1 heterocycles. The number of rotatable bonds is 4. The van der Waals surface area contributed by atoms with Crippen molar-refractivity contribution in [3.63, 3.8) is 0 Å². The van der Waals surface area contributed by atoms with Crippen LogP contribution in [0, 0.1) is 5.82 Å². The first-order valence-electron chi connectivity index (χ1n) is 7.24. The van der Waals surface area contributed by atoms with Gasteiger partial charge in [-0.3, -0.25) is 9.69 Å². The zero-order valence-corrected chi connectivity index (χ0v) is 13.7. The van der Waals surface area contributed by atoms with Crippen LogP contribution in [0.5, 0.6) is 0 Å². The molecule has 1 aliphatic heterocycles. The van der Waals surface area contributed by atoms with Crippen molar-refractivity contribution in [2.75, 3.05) is 13.1 Å². The second-order valence-corrected chi connectivity index (χ2v) is 6.54. The van der Waals surface area contributed by atoms with Gasteiger partial charge in [0.2, 0.25) is 0 Å². The van der Waals surface area contributed by atoms with Crippen LogP contribution in [0.3, 0.4) is 0 Å². The standard InChI is InChI=1S/C16H21BrFNO/c1-3-16(2,19-9-5-4-6-10-19)15(20)13-11-12(17)7-8-14(13)18/h7-8,11H,3-6,9-10H2,1-2H3. The molecule has 1 aromatic carbocycles. The maximum Gasteiger partial charge on any atom is 0.185 e. The first-order valence-corrected chi connectivity index (χ1v) is 8.03. The summed E-state index contributed by atoms with van der Waals surface area (Å²) in [5.74, 6) is -0.546. The first kappa shape index (κ1) is 15.6. The lowest BCUT2D eigenvalue weighted by Crippen LogP contribution is -2.54. The molecule has 1 saturated heterocycles. The average Bonchev–Trinajstić information content (AvgIpc) is 2.49. The van der Waals surface area contributed by atoms with Crippen molar-refractivity contribution in [2.45, 2.75) is 45.1 Å². The van der Waals surface area contributed by atoms with Gasteiger partial charge in [0.25, 0.3) is 0 Å². The first-order chi connectivity index (χ1) is 9.49. The van der Waals surface area contributed by atoms with Crippen molar-refractivity contribution in [3.8, 4) is 0 Å². The highest BCUT2D eigenvalue weighted by Crippen LogP contribution is 2.29. The number of piperidine rings is 1. The fourth-order valence-corrected chi connectivity index (χ4v) is 3.24. The van der Waals surface area contributed by atoms with Gasteiger partial charge in [0.15, 0.2) is 5.78 Å². The molecule has 0 aromatic heterocycles. The quantitative estimate of drug-likeness (QED) is 0.755. The van der Waals surface area contributed by atoms with Gasteiger partial charge in [-0.05, 0) is 57.5 Å². The van der Waals surface area contributed by atoms with Gasteiger partial charge in [-0.2, -0.15) is 0 Å². The van der Waals surface area contributed by atoms with Crippen LogP contribution in [-0.2, 0) is 0 Å². The van der Waals surface area contributed by atoms with E-state index >= 15 is 0 Å². The van der Waals surface area contributed by atoms with Gasteiger partial charge in [0, 0.05) is 4.47 Å². The van der Waals surface area contributed by atoms with Crippen molar-refractivity contribution in [2.24, 2.45) is 0 Å². The molecule has 4 heteroatoms. The Hall–Kier alpha value is -0.740. The van der Waals surface area contributed by atoms with Gasteiger partial charge in [0.05, 0.1) is 11.1 Å². The van der Waals surface area contributed by atoms with Crippen LogP contribution in [0.25, 0.3) is 0 Å². The van der Waals surface area contributed by atoms with E-state index in [0.717, 1.165) is 30.4 Å². The van der Waals surface area contributed by atoms with E-state index in [4.69, 9.17) is 0 Å². The summed E-state index contributed by atoms with van der Waals surface area (Å²) in [5.41, 5.74) is -0.420. The van der Waals surface area contributed by atoms with Crippen LogP contribution in [0.15, 0.2) is 22.7 Å². The Morgan fingerprint density at radius 2 is 2.00 bits per heavy atom. The molecule has 0 N–H and O–H groups in total. The van der Waals surface area contributed by atoms with E-state index in [9.17, 15) is 9.18 Å². The van der Waals surface area contributed by atoms with Crippen molar-refractivity contribution in [1.29, 1.82) is 0 Å². The lowest BCUT2D eigenvalue weighted by atomic mass is 9.85. The van der Waals surface area contributed by atoms with E-state index in [1.54, 1.807) is 12.1 Å². The molecule has 0 aliphatic carbocycles. The van der Waals surface area contributed by atoms with E-state index in [1.807, 2.05) is 13.8 Å². The third-order valence-electron chi connectivity index (χ3n) is 4.40. The minimum Gasteiger partial charge on any atom is -0.292 e. The lowest BCUT2D eigenvalue weighted by molar-refractivity contribution is 0.0501. The maximum atomic E-state index is 14.0. The number of benzene rings is 1. The summed E-state index contributed by atoms with van der Waals surface area (Å²) >= 11 is 3.32. The molecule has 1 unspecified atom stereocenters. The Morgan fingerprint density at radius 3 is 2.60 bits per heavy atom. The van der Waals surface area contributed by atoms with Crippen LogP contribution in [-0.4, -0.2) is 29.3 Å². The number of ketones is 1. The van der Waals surface area contributed by atoms with E-state index < -0.39 is 11.4 Å². The third kappa shape index (κ3) is 2.96. The van der Waals surface area contributed by atoms with Gasteiger partial charge in [-0.25, -0.2) is 4.39 Å². The zero-order chi connectivity index (χ0) is 14.8. The molecule has 0 radical (unpaired) electrons. The molecule has 0 saturated carbocycles. The molecule has 20 heavy (non-hydrogen) atoms. The molecule has 1 aliphatic rings. The zero-order valence-electron chi connectivity index (χ0n) is 12.1. The number of halogens is 2. The molecule has 1 atom stereocenters. The topological polar surface area (TPSA) is 20.3 Å². The Kier molecular flexibility index (Phi) is 4.97. The lowest BCUT2D eigenvalue weighted by Gasteiger charge is -2.42. The summed E-state index contributed by atoms with van der Waals surface area (Å²) in [6.07, 6.45) is 4.14. The van der Waals surface area contributed by atoms with Crippen molar-refractivity contribution >= 4 is 21.7 Å². The number of nitrogens with zero attached hydrogens (tertiary/aromatic N) is 1. The van der Waals surface area contributed by atoms with Gasteiger partial charge in [-0.1, -0.05) is 29.3 Å². The van der Waals surface area contributed by atoms with E-state index in [2.05, 4.69) is 20.8 Å². The second-order valence-electron chi connectivity index (χ2n) is 5.63. The molecule has 110 valence electrons. The molecule has 1 fully saturated rings. The predicted octanol–water partition coefficient (Wildman–Crippen LogP) is 4.43. The minimum atomic E-state index is -0.609. The maximum absolute atomic E-state index is 14.0. The van der Waals surface area contributed by atoms with Crippen LogP contribution in [0.4, 0.5) is 4.39 Å². The summed E-state index contributed by atoms with van der Waals surface area (Å²) < 4.78 is 14.7. The highest BCUT2D eigenvalue weighted by Gasteiger charge is 2.39. The summed E-state index contributed by atoms with van der Waals surface area (Å²) in [5, 5.41) is 0. The second kappa shape index (κ2) is 6.35. The Morgan fingerprint density at radius 1 is 1.35 bits per heavy atom. The molecule has 0 bridgehead atoms. The summed E-state index contributed by atoms with van der Waals surface area (Å²) in [6.45, 7) is 5.79. The highest BCUT2D eigenvalue weighted by atomic mass is 79.9. The van der Waals surface area contributed by atoms with Gasteiger partial charge < -0.3 is 0 Å². The number of hydrogen-bond acceptors (Lipinski definition) is 2. The summed E-state index contributed by atoms with van der Waals surface area (Å²) in [7, 11) is 0. The third-order valence-corrected chi connectivity index (χ3v) is 4.90. The highest BCUT2D eigenvalue weighted by molar-refractivity contribution is 9.10. The molecule has 0 spiro atoms. The van der Waals surface area contributed by atoms with Crippen molar-refractivity contribution in [3.05, 3.63) is 34.1 Å². The van der Waals surface area contributed by atoms with Crippen LogP contribution in [0.2, 0.25) is 0 Å². The Labute approximate surface area is 128 Å². The van der Waals surface area contributed by atoms with E-state index in [-0.39, 0.29) is 11.3 Å². The van der Waals surface area contributed by atoms with E-state index in [0.29, 0.717) is 6.42 Å². The molecule has 2 rings (SSSR count). The normalized spacial score (nSPS) is 19.6. The monoisotopic (exact) mass is 341 g/mol. The average molecular weight is 342 g/mol. The SMILES string of the molecule is CCC(C)(C(=O)c1cc(Br)ccc1F)N1CCCCC1. The molecule has 0 amide bonds. The van der Waals surface area contributed by atoms with Gasteiger partial charge in [0.1, 0.15) is 5.82 Å². The number of carbonyl (C=O) groups excluding carboxylic acids is 1. The minimum absolute atomic E-state index is 0.110. The summed E-state index contributed by atoms with van der Waals surface area (Å²) in [6, 6.07) is 4.56. The van der Waals surface area contributed by atoms with Crippen molar-refractivity contribution in [1.82, 2.24) is 4.90 Å². The molecule has 1 aromatic rings. The number of likely N-dealkylation sites (tertiary alicyclic amines) is 1. The van der Waals surface area contributed by atoms with E-state index in [1.165, 1.54) is 12.5 Å². The van der Waals surface area contributed by atoms with Crippen LogP contribution < -0.4 is 0 Å². The fourth-order valence-electron chi connectivity index (χ4n) is 2.88. The molecular weight excluding hydrogens is 321 g/mol. The van der Waals surface area contributed by atoms with Crippen molar-refractivity contribution < 1.29 is 9.18 Å². The fraction of sp³-hybridized carbons (Fsp3) is 0.562.